The maximum atomic E-state index is 13.3. The van der Waals surface area contributed by atoms with E-state index in [0.717, 1.165) is 48.6 Å². The molecule has 0 radical (unpaired) electrons. The normalized spacial score (nSPS) is 17.1. The van der Waals surface area contributed by atoms with Crippen molar-refractivity contribution >= 4 is 17.3 Å². The smallest absolute Gasteiger partial charge is 0.235 e. The van der Waals surface area contributed by atoms with E-state index in [9.17, 15) is 4.79 Å². The molecule has 31 heavy (non-hydrogen) atoms. The molecule has 3 aromatic rings. The van der Waals surface area contributed by atoms with Crippen LogP contribution in [0.25, 0.3) is 11.1 Å². The van der Waals surface area contributed by atoms with Crippen molar-refractivity contribution in [3.8, 4) is 22.6 Å². The van der Waals surface area contributed by atoms with Gasteiger partial charge in [0.1, 0.15) is 0 Å². The number of benzene rings is 3. The van der Waals surface area contributed by atoms with Crippen molar-refractivity contribution in [2.24, 2.45) is 0 Å². The first kappa shape index (κ1) is 18.3. The number of carbonyl (C=O) groups excluding carboxylic acids is 1. The first-order chi connectivity index (χ1) is 15.1. The lowest BCUT2D eigenvalue weighted by molar-refractivity contribution is -0.118. The van der Waals surface area contributed by atoms with E-state index in [-0.39, 0.29) is 14.1 Å². The predicted octanol–water partition coefficient (Wildman–Crippen LogP) is 5.28. The van der Waals surface area contributed by atoms with Crippen molar-refractivity contribution in [1.29, 1.82) is 0 Å². The number of hydrogen-bond donors (Lipinski definition) is 2. The Labute approximate surface area is 182 Å². The molecule has 1 amide bonds. The third-order valence-electron chi connectivity index (χ3n) is 6.76. The van der Waals surface area contributed by atoms with Crippen LogP contribution < -0.4 is 20.1 Å². The first-order valence-electron chi connectivity index (χ1n) is 10.8. The second-order valence-electron chi connectivity index (χ2n) is 8.64. The molecule has 2 heterocycles. The number of nitrogens with one attached hydrogen (secondary N) is 2. The molecular weight excluding hydrogens is 388 g/mol. The minimum absolute atomic E-state index is 0. The Morgan fingerprint density at radius 1 is 1.03 bits per heavy atom. The SMILES string of the molecule is Cc1ccc(NC(=O)C2(c3ccc4c(c3)OCO4)CC2)cc1-c1cccc2c1CCN2.[HH]. The summed E-state index contributed by atoms with van der Waals surface area (Å²) in [6.45, 7) is 3.33. The molecule has 5 heteroatoms. The van der Waals surface area contributed by atoms with Gasteiger partial charge in [-0.1, -0.05) is 24.3 Å². The highest BCUT2D eigenvalue weighted by Gasteiger charge is 2.51. The Morgan fingerprint density at radius 3 is 2.77 bits per heavy atom. The molecule has 1 saturated carbocycles. The molecule has 2 N–H and O–H groups in total. The van der Waals surface area contributed by atoms with Crippen LogP contribution in [0.15, 0.2) is 54.6 Å². The lowest BCUT2D eigenvalue weighted by Gasteiger charge is -2.18. The van der Waals surface area contributed by atoms with Crippen LogP contribution in [0.3, 0.4) is 0 Å². The number of anilines is 2. The maximum absolute atomic E-state index is 13.3. The summed E-state index contributed by atoms with van der Waals surface area (Å²) in [5.74, 6) is 1.51. The molecule has 0 unspecified atom stereocenters. The molecule has 3 aliphatic rings. The van der Waals surface area contributed by atoms with Crippen molar-refractivity contribution in [1.82, 2.24) is 0 Å². The summed E-state index contributed by atoms with van der Waals surface area (Å²) >= 11 is 0. The molecule has 2 aliphatic heterocycles. The minimum Gasteiger partial charge on any atom is -0.454 e. The van der Waals surface area contributed by atoms with Gasteiger partial charge in [-0.2, -0.15) is 0 Å². The Bertz CT molecular complexity index is 1220. The third kappa shape index (κ3) is 2.95. The molecule has 0 atom stereocenters. The summed E-state index contributed by atoms with van der Waals surface area (Å²) in [5.41, 5.74) is 7.53. The zero-order chi connectivity index (χ0) is 21.0. The van der Waals surface area contributed by atoms with Gasteiger partial charge in [-0.15, -0.1) is 0 Å². The molecule has 1 aliphatic carbocycles. The fourth-order valence-corrected chi connectivity index (χ4v) is 4.80. The highest BCUT2D eigenvalue weighted by molar-refractivity contribution is 6.02. The Kier molecular flexibility index (Phi) is 4.00. The maximum Gasteiger partial charge on any atom is 0.235 e. The summed E-state index contributed by atoms with van der Waals surface area (Å²) in [6.07, 6.45) is 2.71. The van der Waals surface area contributed by atoms with E-state index >= 15 is 0 Å². The summed E-state index contributed by atoms with van der Waals surface area (Å²) in [7, 11) is 0. The number of ether oxygens (including phenoxy) is 2. The van der Waals surface area contributed by atoms with E-state index < -0.39 is 5.41 Å². The van der Waals surface area contributed by atoms with E-state index in [1.165, 1.54) is 27.9 Å². The van der Waals surface area contributed by atoms with Gasteiger partial charge in [0.15, 0.2) is 11.5 Å². The Hall–Kier alpha value is -3.47. The van der Waals surface area contributed by atoms with Gasteiger partial charge in [-0.05, 0) is 84.3 Å². The number of hydrogen-bond acceptors (Lipinski definition) is 4. The van der Waals surface area contributed by atoms with E-state index in [0.29, 0.717) is 0 Å². The fourth-order valence-electron chi connectivity index (χ4n) is 4.80. The van der Waals surface area contributed by atoms with Gasteiger partial charge in [0.2, 0.25) is 12.7 Å². The fraction of sp³-hybridized carbons (Fsp3) is 0.269. The number of aryl methyl sites for hydroxylation is 1. The molecular formula is C26H26N2O3. The first-order valence-corrected chi connectivity index (χ1v) is 10.8. The average Bonchev–Trinajstić information content (AvgIpc) is 3.22. The average molecular weight is 415 g/mol. The van der Waals surface area contributed by atoms with Gasteiger partial charge in [-0.3, -0.25) is 4.79 Å². The summed E-state index contributed by atoms with van der Waals surface area (Å²) in [5, 5.41) is 6.64. The lowest BCUT2D eigenvalue weighted by atomic mass is 9.93. The van der Waals surface area contributed by atoms with Crippen molar-refractivity contribution in [3.05, 3.63) is 71.3 Å². The van der Waals surface area contributed by atoms with Crippen LogP contribution in [0.4, 0.5) is 11.4 Å². The summed E-state index contributed by atoms with van der Waals surface area (Å²) in [6, 6.07) is 18.4. The zero-order valence-corrected chi connectivity index (χ0v) is 17.5. The molecule has 6 rings (SSSR count). The quantitative estimate of drug-likeness (QED) is 0.610. The molecule has 1 fully saturated rings. The van der Waals surface area contributed by atoms with Gasteiger partial charge in [0, 0.05) is 19.3 Å². The standard InChI is InChI=1S/C26H24N2O3.H2/c1-16-5-7-18(14-21(16)19-3-2-4-22-20(19)9-12-27-22)28-25(29)26(10-11-26)17-6-8-23-24(13-17)31-15-30-23;/h2-8,13-14,27H,9-12,15H2,1H3,(H,28,29);1H. The van der Waals surface area contributed by atoms with Crippen molar-refractivity contribution in [2.75, 3.05) is 24.0 Å². The zero-order valence-electron chi connectivity index (χ0n) is 17.5. The number of carbonyl (C=O) groups is 1. The second-order valence-corrected chi connectivity index (χ2v) is 8.64. The summed E-state index contributed by atoms with van der Waals surface area (Å²) < 4.78 is 10.9. The predicted molar refractivity (Wildman–Crippen MR) is 123 cm³/mol. The monoisotopic (exact) mass is 414 g/mol. The molecule has 0 spiro atoms. The van der Waals surface area contributed by atoms with Crippen LogP contribution in [-0.2, 0) is 16.6 Å². The number of amides is 1. The highest BCUT2D eigenvalue weighted by Crippen LogP contribution is 2.51. The molecule has 158 valence electrons. The van der Waals surface area contributed by atoms with Crippen molar-refractivity contribution in [3.63, 3.8) is 0 Å². The second kappa shape index (κ2) is 6.77. The van der Waals surface area contributed by atoms with Crippen LogP contribution in [0.1, 0.15) is 31.0 Å². The molecule has 0 saturated heterocycles. The van der Waals surface area contributed by atoms with Gasteiger partial charge >= 0.3 is 0 Å². The number of fused-ring (bicyclic) bond motifs is 2. The largest absolute Gasteiger partial charge is 0.454 e. The molecule has 0 bridgehead atoms. The van der Waals surface area contributed by atoms with Crippen molar-refractivity contribution < 1.29 is 15.7 Å². The van der Waals surface area contributed by atoms with E-state index in [1.54, 1.807) is 0 Å². The number of rotatable bonds is 4. The van der Waals surface area contributed by atoms with Gasteiger partial charge in [-0.25, -0.2) is 0 Å². The third-order valence-corrected chi connectivity index (χ3v) is 6.76. The van der Waals surface area contributed by atoms with Gasteiger partial charge in [0.25, 0.3) is 0 Å². The molecule has 5 nitrogen and oxygen atoms in total. The van der Waals surface area contributed by atoms with Crippen LogP contribution in [0.2, 0.25) is 0 Å². The van der Waals surface area contributed by atoms with Crippen LogP contribution in [0, 0.1) is 6.92 Å². The van der Waals surface area contributed by atoms with E-state index in [4.69, 9.17) is 9.47 Å². The van der Waals surface area contributed by atoms with Gasteiger partial charge in [0.05, 0.1) is 5.41 Å². The van der Waals surface area contributed by atoms with E-state index in [2.05, 4.69) is 47.9 Å². The summed E-state index contributed by atoms with van der Waals surface area (Å²) in [4.78, 5) is 13.3. The van der Waals surface area contributed by atoms with Crippen molar-refractivity contribution in [2.45, 2.75) is 31.6 Å². The van der Waals surface area contributed by atoms with Crippen LogP contribution in [0.5, 0.6) is 11.5 Å². The topological polar surface area (TPSA) is 59.6 Å². The molecule has 0 aromatic heterocycles. The minimum atomic E-state index is -0.482. The lowest BCUT2D eigenvalue weighted by Crippen LogP contribution is -2.27. The highest BCUT2D eigenvalue weighted by atomic mass is 16.7. The Morgan fingerprint density at radius 2 is 1.90 bits per heavy atom. The van der Waals surface area contributed by atoms with Gasteiger partial charge < -0.3 is 20.1 Å². The van der Waals surface area contributed by atoms with Crippen LogP contribution in [-0.4, -0.2) is 19.2 Å². The Balaban J connectivity index is 0.00000216. The van der Waals surface area contributed by atoms with E-state index in [1.807, 2.05) is 24.3 Å². The molecule has 3 aromatic carbocycles. The van der Waals surface area contributed by atoms with Crippen LogP contribution >= 0.6 is 0 Å².